The average Bonchev–Trinajstić information content (AvgIpc) is 3.15. The molecule has 0 saturated carbocycles. The van der Waals surface area contributed by atoms with E-state index in [9.17, 15) is 4.79 Å². The Morgan fingerprint density at radius 3 is 2.82 bits per heavy atom. The number of nitrogens with zero attached hydrogens (tertiary/aromatic N) is 2. The lowest BCUT2D eigenvalue weighted by molar-refractivity contribution is -0.120. The zero-order valence-corrected chi connectivity index (χ0v) is 12.1. The van der Waals surface area contributed by atoms with E-state index in [1.807, 2.05) is 30.3 Å². The summed E-state index contributed by atoms with van der Waals surface area (Å²) in [7, 11) is 0. The molecule has 0 aliphatic rings. The topological polar surface area (TPSA) is 81.2 Å². The summed E-state index contributed by atoms with van der Waals surface area (Å²) < 4.78 is 10.5. The first-order valence-electron chi connectivity index (χ1n) is 6.90. The van der Waals surface area contributed by atoms with E-state index in [4.69, 9.17) is 8.94 Å². The molecular formula is C16H15N3O3. The predicted octanol–water partition coefficient (Wildman–Crippen LogP) is 2.50. The van der Waals surface area contributed by atoms with Crippen molar-refractivity contribution in [2.24, 2.45) is 0 Å². The average molecular weight is 297 g/mol. The molecule has 0 unspecified atom stereocenters. The summed E-state index contributed by atoms with van der Waals surface area (Å²) in [6.45, 7) is 2.02. The molecule has 0 atom stereocenters. The lowest BCUT2D eigenvalue weighted by Crippen LogP contribution is -2.24. The number of hydrogen-bond acceptors (Lipinski definition) is 5. The number of nitrogens with one attached hydrogen (secondary N) is 1. The number of oxazole rings is 1. The van der Waals surface area contributed by atoms with Crippen LogP contribution in [0.5, 0.6) is 0 Å². The number of aromatic nitrogens is 2. The normalized spacial score (nSPS) is 10.6. The van der Waals surface area contributed by atoms with Gasteiger partial charge in [0.05, 0.1) is 24.9 Å². The van der Waals surface area contributed by atoms with Crippen LogP contribution in [0.3, 0.4) is 0 Å². The van der Waals surface area contributed by atoms with E-state index < -0.39 is 0 Å². The van der Waals surface area contributed by atoms with E-state index in [0.717, 1.165) is 5.56 Å². The largest absolute Gasteiger partial charge is 0.439 e. The van der Waals surface area contributed by atoms with Crippen molar-refractivity contribution in [3.8, 4) is 11.3 Å². The number of hydrogen-bond donors (Lipinski definition) is 1. The molecule has 3 aromatic rings. The van der Waals surface area contributed by atoms with Crippen LogP contribution in [0, 0.1) is 6.92 Å². The summed E-state index contributed by atoms with van der Waals surface area (Å²) in [6.07, 6.45) is 1.82. The van der Waals surface area contributed by atoms with E-state index in [1.54, 1.807) is 19.2 Å². The molecule has 6 heteroatoms. The van der Waals surface area contributed by atoms with Gasteiger partial charge in [-0.05, 0) is 6.92 Å². The first kappa shape index (κ1) is 14.1. The molecule has 112 valence electrons. The Kier molecular flexibility index (Phi) is 4.00. The van der Waals surface area contributed by atoms with Crippen LogP contribution in [0.2, 0.25) is 0 Å². The quantitative estimate of drug-likeness (QED) is 0.782. The van der Waals surface area contributed by atoms with Crippen LogP contribution in [0.15, 0.2) is 51.5 Å². The molecule has 6 nitrogen and oxygen atoms in total. The van der Waals surface area contributed by atoms with Crippen LogP contribution in [-0.2, 0) is 17.8 Å². The van der Waals surface area contributed by atoms with Gasteiger partial charge in [0, 0.05) is 11.6 Å². The molecular weight excluding hydrogens is 282 g/mol. The van der Waals surface area contributed by atoms with E-state index >= 15 is 0 Å². The maximum atomic E-state index is 11.8. The standard InChI is InChI=1S/C16H15N3O3/c1-11-7-13(19-22-11)8-15(20)17-10-16-18-9-14(21-16)12-5-3-2-4-6-12/h2-7,9H,8,10H2,1H3,(H,17,20). The molecule has 2 aromatic heterocycles. The summed E-state index contributed by atoms with van der Waals surface area (Å²) in [5, 5.41) is 6.52. The van der Waals surface area contributed by atoms with Crippen LogP contribution in [-0.4, -0.2) is 16.0 Å². The van der Waals surface area contributed by atoms with Gasteiger partial charge in [0.2, 0.25) is 11.8 Å². The minimum atomic E-state index is -0.159. The third kappa shape index (κ3) is 3.41. The first-order chi connectivity index (χ1) is 10.7. The fraction of sp³-hybridized carbons (Fsp3) is 0.188. The SMILES string of the molecule is Cc1cc(CC(=O)NCc2ncc(-c3ccccc3)o2)no1. The fourth-order valence-electron chi connectivity index (χ4n) is 2.03. The predicted molar refractivity (Wildman–Crippen MR) is 78.7 cm³/mol. The monoisotopic (exact) mass is 297 g/mol. The molecule has 1 amide bonds. The van der Waals surface area contributed by atoms with E-state index in [-0.39, 0.29) is 18.9 Å². The molecule has 0 saturated heterocycles. The lowest BCUT2D eigenvalue weighted by atomic mass is 10.2. The van der Waals surface area contributed by atoms with Crippen LogP contribution < -0.4 is 5.32 Å². The zero-order chi connectivity index (χ0) is 15.4. The maximum absolute atomic E-state index is 11.8. The second-order valence-electron chi connectivity index (χ2n) is 4.87. The number of carbonyl (C=O) groups excluding carboxylic acids is 1. The summed E-state index contributed by atoms with van der Waals surface area (Å²) in [5.74, 6) is 1.66. The lowest BCUT2D eigenvalue weighted by Gasteiger charge is -2.00. The second-order valence-corrected chi connectivity index (χ2v) is 4.87. The van der Waals surface area contributed by atoms with Gasteiger partial charge in [0.25, 0.3) is 0 Å². The highest BCUT2D eigenvalue weighted by atomic mass is 16.5. The van der Waals surface area contributed by atoms with E-state index in [1.165, 1.54) is 0 Å². The molecule has 0 spiro atoms. The van der Waals surface area contributed by atoms with Crippen LogP contribution in [0.1, 0.15) is 17.3 Å². The molecule has 22 heavy (non-hydrogen) atoms. The summed E-state index contributed by atoms with van der Waals surface area (Å²) in [4.78, 5) is 16.0. The van der Waals surface area contributed by atoms with E-state index in [2.05, 4.69) is 15.5 Å². The molecule has 0 aliphatic heterocycles. The van der Waals surface area contributed by atoms with Gasteiger partial charge in [0.1, 0.15) is 5.76 Å². The Morgan fingerprint density at radius 1 is 1.27 bits per heavy atom. The summed E-state index contributed by atoms with van der Waals surface area (Å²) in [6, 6.07) is 11.4. The van der Waals surface area contributed by atoms with Crippen molar-refractivity contribution in [1.29, 1.82) is 0 Å². The Hall–Kier alpha value is -2.89. The minimum Gasteiger partial charge on any atom is -0.439 e. The highest BCUT2D eigenvalue weighted by molar-refractivity contribution is 5.77. The van der Waals surface area contributed by atoms with Crippen molar-refractivity contribution < 1.29 is 13.7 Å². The van der Waals surface area contributed by atoms with Gasteiger partial charge in [0.15, 0.2) is 5.76 Å². The van der Waals surface area contributed by atoms with Gasteiger partial charge in [-0.15, -0.1) is 0 Å². The van der Waals surface area contributed by atoms with Crippen LogP contribution in [0.25, 0.3) is 11.3 Å². The van der Waals surface area contributed by atoms with Gasteiger partial charge < -0.3 is 14.3 Å². The van der Waals surface area contributed by atoms with Gasteiger partial charge in [-0.1, -0.05) is 35.5 Å². The first-order valence-corrected chi connectivity index (χ1v) is 6.90. The number of benzene rings is 1. The van der Waals surface area contributed by atoms with Gasteiger partial charge in [-0.3, -0.25) is 4.79 Å². The van der Waals surface area contributed by atoms with E-state index in [0.29, 0.717) is 23.1 Å². The van der Waals surface area contributed by atoms with Crippen molar-refractivity contribution >= 4 is 5.91 Å². The number of carbonyl (C=O) groups is 1. The Labute approximate surface area is 127 Å². The molecule has 3 rings (SSSR count). The number of amides is 1. The zero-order valence-electron chi connectivity index (χ0n) is 12.1. The van der Waals surface area contributed by atoms with Crippen molar-refractivity contribution in [2.75, 3.05) is 0 Å². The third-order valence-electron chi connectivity index (χ3n) is 3.07. The Bertz CT molecular complexity index is 762. The van der Waals surface area contributed by atoms with Gasteiger partial charge in [-0.2, -0.15) is 0 Å². The molecule has 0 aliphatic carbocycles. The molecule has 2 heterocycles. The fourth-order valence-corrected chi connectivity index (χ4v) is 2.03. The molecule has 0 bridgehead atoms. The molecule has 1 aromatic carbocycles. The molecule has 0 fully saturated rings. The Morgan fingerprint density at radius 2 is 2.09 bits per heavy atom. The van der Waals surface area contributed by atoms with Crippen LogP contribution in [0.4, 0.5) is 0 Å². The van der Waals surface area contributed by atoms with Crippen LogP contribution >= 0.6 is 0 Å². The third-order valence-corrected chi connectivity index (χ3v) is 3.07. The van der Waals surface area contributed by atoms with Gasteiger partial charge >= 0.3 is 0 Å². The molecule has 0 radical (unpaired) electrons. The summed E-state index contributed by atoms with van der Waals surface area (Å²) >= 11 is 0. The van der Waals surface area contributed by atoms with Crippen molar-refractivity contribution in [2.45, 2.75) is 19.9 Å². The Balaban J connectivity index is 1.56. The van der Waals surface area contributed by atoms with Crippen molar-refractivity contribution in [3.63, 3.8) is 0 Å². The molecule has 1 N–H and O–H groups in total. The van der Waals surface area contributed by atoms with Gasteiger partial charge in [-0.25, -0.2) is 4.98 Å². The highest BCUT2D eigenvalue weighted by Gasteiger charge is 2.10. The van der Waals surface area contributed by atoms with Crippen molar-refractivity contribution in [3.05, 3.63) is 59.9 Å². The second kappa shape index (κ2) is 6.26. The number of rotatable bonds is 5. The minimum absolute atomic E-state index is 0.159. The smallest absolute Gasteiger partial charge is 0.226 e. The van der Waals surface area contributed by atoms with Crippen molar-refractivity contribution in [1.82, 2.24) is 15.5 Å². The maximum Gasteiger partial charge on any atom is 0.226 e. The highest BCUT2D eigenvalue weighted by Crippen LogP contribution is 2.19. The number of aryl methyl sites for hydroxylation is 1. The summed E-state index contributed by atoms with van der Waals surface area (Å²) in [5.41, 5.74) is 1.55.